The summed E-state index contributed by atoms with van der Waals surface area (Å²) in [5, 5.41) is 9.27. The summed E-state index contributed by atoms with van der Waals surface area (Å²) in [5.74, 6) is 0.181. The number of aromatic hydroxyl groups is 1. The van der Waals surface area contributed by atoms with Crippen molar-refractivity contribution in [3.63, 3.8) is 0 Å². The quantitative estimate of drug-likeness (QED) is 0.131. The van der Waals surface area contributed by atoms with Crippen molar-refractivity contribution < 1.29 is 14.6 Å². The first-order chi connectivity index (χ1) is 16.2. The number of carbonyl (C=O) groups is 1. The van der Waals surface area contributed by atoms with Crippen LogP contribution in [-0.2, 0) is 16.0 Å². The minimum absolute atomic E-state index is 0.0826. The van der Waals surface area contributed by atoms with Crippen LogP contribution in [0.25, 0.3) is 0 Å². The maximum absolute atomic E-state index is 11.8. The molecule has 0 aliphatic rings. The van der Waals surface area contributed by atoms with Gasteiger partial charge in [-0.05, 0) is 24.1 Å². The van der Waals surface area contributed by atoms with E-state index in [1.54, 1.807) is 12.1 Å². The fraction of sp³-hybridized carbons (Fsp3) is 0.767. The van der Waals surface area contributed by atoms with Crippen LogP contribution >= 0.6 is 0 Å². The van der Waals surface area contributed by atoms with Crippen LogP contribution in [0, 0.1) is 0 Å². The molecule has 1 aromatic rings. The molecule has 1 aromatic carbocycles. The number of hydrogen-bond donors (Lipinski definition) is 1. The smallest absolute Gasteiger partial charge is 0.305 e. The third-order valence-corrected chi connectivity index (χ3v) is 6.57. The van der Waals surface area contributed by atoms with Crippen LogP contribution in [0.4, 0.5) is 0 Å². The van der Waals surface area contributed by atoms with E-state index in [0.29, 0.717) is 19.4 Å². The van der Waals surface area contributed by atoms with Crippen molar-refractivity contribution >= 4 is 5.97 Å². The summed E-state index contributed by atoms with van der Waals surface area (Å²) in [7, 11) is 0. The van der Waals surface area contributed by atoms with Crippen molar-refractivity contribution in [2.45, 2.75) is 142 Å². The van der Waals surface area contributed by atoms with Crippen LogP contribution in [0.1, 0.15) is 141 Å². The highest BCUT2D eigenvalue weighted by molar-refractivity contribution is 5.69. The van der Waals surface area contributed by atoms with Crippen LogP contribution in [0.2, 0.25) is 0 Å². The highest BCUT2D eigenvalue weighted by atomic mass is 16.5. The predicted octanol–water partition coefficient (Wildman–Crippen LogP) is 9.30. The molecule has 0 spiro atoms. The molecular formula is C30H52O3. The van der Waals surface area contributed by atoms with Gasteiger partial charge in [-0.15, -0.1) is 0 Å². The maximum atomic E-state index is 11.8. The molecule has 0 aliphatic carbocycles. The molecule has 0 atom stereocenters. The summed E-state index contributed by atoms with van der Waals surface area (Å²) in [5.41, 5.74) is 1.07. The van der Waals surface area contributed by atoms with Crippen molar-refractivity contribution in [3.8, 4) is 5.75 Å². The molecular weight excluding hydrogens is 408 g/mol. The van der Waals surface area contributed by atoms with Crippen molar-refractivity contribution in [1.29, 1.82) is 0 Å². The summed E-state index contributed by atoms with van der Waals surface area (Å²) < 4.78 is 5.31. The van der Waals surface area contributed by atoms with Crippen LogP contribution < -0.4 is 0 Å². The van der Waals surface area contributed by atoms with Crippen molar-refractivity contribution in [1.82, 2.24) is 0 Å². The van der Waals surface area contributed by atoms with Gasteiger partial charge < -0.3 is 9.84 Å². The molecule has 0 unspecified atom stereocenters. The summed E-state index contributed by atoms with van der Waals surface area (Å²) in [4.78, 5) is 11.8. The van der Waals surface area contributed by atoms with Gasteiger partial charge in [0.15, 0.2) is 0 Å². The molecule has 0 bridgehead atoms. The Labute approximate surface area is 204 Å². The number of rotatable bonds is 23. The van der Waals surface area contributed by atoms with Crippen LogP contribution in [0.15, 0.2) is 24.3 Å². The molecule has 0 amide bonds. The minimum Gasteiger partial charge on any atom is -0.508 e. The van der Waals surface area contributed by atoms with Crippen LogP contribution in [0.3, 0.4) is 0 Å². The summed E-state index contributed by atoms with van der Waals surface area (Å²) in [6, 6.07) is 7.05. The van der Waals surface area contributed by atoms with Gasteiger partial charge in [0.2, 0.25) is 0 Å². The van der Waals surface area contributed by atoms with E-state index < -0.39 is 0 Å². The SMILES string of the molecule is CCCCCCCCCCCCCCCCCCCCCC(=O)OCCc1ccc(O)cc1. The Balaban J connectivity index is 1.74. The largest absolute Gasteiger partial charge is 0.508 e. The number of esters is 1. The molecule has 0 fully saturated rings. The number of phenols is 1. The Kier molecular flexibility index (Phi) is 19.9. The van der Waals surface area contributed by atoms with E-state index in [1.807, 2.05) is 12.1 Å². The maximum Gasteiger partial charge on any atom is 0.305 e. The molecule has 3 heteroatoms. The van der Waals surface area contributed by atoms with Crippen LogP contribution in [-0.4, -0.2) is 17.7 Å². The average Bonchev–Trinajstić information content (AvgIpc) is 2.82. The van der Waals surface area contributed by atoms with Gasteiger partial charge >= 0.3 is 5.97 Å². The lowest BCUT2D eigenvalue weighted by atomic mass is 10.0. The van der Waals surface area contributed by atoms with Gasteiger partial charge in [-0.2, -0.15) is 0 Å². The van der Waals surface area contributed by atoms with Gasteiger partial charge in [-0.3, -0.25) is 4.79 Å². The van der Waals surface area contributed by atoms with E-state index >= 15 is 0 Å². The van der Waals surface area contributed by atoms with E-state index in [2.05, 4.69) is 6.92 Å². The second-order valence-electron chi connectivity index (χ2n) is 9.75. The van der Waals surface area contributed by atoms with Gasteiger partial charge in [0.1, 0.15) is 5.75 Å². The van der Waals surface area contributed by atoms with E-state index in [4.69, 9.17) is 4.74 Å². The summed E-state index contributed by atoms with van der Waals surface area (Å²) in [6.07, 6.45) is 27.1. The molecule has 190 valence electrons. The fourth-order valence-corrected chi connectivity index (χ4v) is 4.37. The molecule has 3 nitrogen and oxygen atoms in total. The van der Waals surface area contributed by atoms with Gasteiger partial charge in [-0.1, -0.05) is 135 Å². The first-order valence-corrected chi connectivity index (χ1v) is 14.2. The molecule has 0 aliphatic heterocycles. The first kappa shape index (κ1) is 29.5. The average molecular weight is 461 g/mol. The number of ether oxygens (including phenoxy) is 1. The molecule has 0 saturated heterocycles. The van der Waals surface area contributed by atoms with Gasteiger partial charge in [0.25, 0.3) is 0 Å². The molecule has 0 aromatic heterocycles. The van der Waals surface area contributed by atoms with Gasteiger partial charge in [0.05, 0.1) is 6.61 Å². The zero-order valence-electron chi connectivity index (χ0n) is 21.6. The van der Waals surface area contributed by atoms with Crippen molar-refractivity contribution in [2.75, 3.05) is 6.61 Å². The highest BCUT2D eigenvalue weighted by Crippen LogP contribution is 2.15. The number of unbranched alkanes of at least 4 members (excludes halogenated alkanes) is 18. The zero-order chi connectivity index (χ0) is 23.8. The van der Waals surface area contributed by atoms with Crippen LogP contribution in [0.5, 0.6) is 5.75 Å². The van der Waals surface area contributed by atoms with E-state index in [-0.39, 0.29) is 11.7 Å². The zero-order valence-corrected chi connectivity index (χ0v) is 21.6. The second kappa shape index (κ2) is 22.3. The normalized spacial score (nSPS) is 11.1. The molecule has 0 radical (unpaired) electrons. The van der Waals surface area contributed by atoms with Crippen molar-refractivity contribution in [3.05, 3.63) is 29.8 Å². The molecule has 1 rings (SSSR count). The summed E-state index contributed by atoms with van der Waals surface area (Å²) >= 11 is 0. The molecule has 1 N–H and O–H groups in total. The molecule has 33 heavy (non-hydrogen) atoms. The number of carbonyl (C=O) groups excluding carboxylic acids is 1. The Bertz CT molecular complexity index is 552. The fourth-order valence-electron chi connectivity index (χ4n) is 4.37. The number of hydrogen-bond acceptors (Lipinski definition) is 3. The molecule has 0 saturated carbocycles. The lowest BCUT2D eigenvalue weighted by molar-refractivity contribution is -0.143. The lowest BCUT2D eigenvalue weighted by Crippen LogP contribution is -2.07. The van der Waals surface area contributed by atoms with Gasteiger partial charge in [0, 0.05) is 12.8 Å². The third-order valence-electron chi connectivity index (χ3n) is 6.57. The highest BCUT2D eigenvalue weighted by Gasteiger charge is 2.03. The Morgan fingerprint density at radius 1 is 0.636 bits per heavy atom. The Morgan fingerprint density at radius 3 is 1.45 bits per heavy atom. The Hall–Kier alpha value is -1.51. The molecule has 0 heterocycles. The third kappa shape index (κ3) is 19.6. The standard InChI is InChI=1S/C30H52O3/c1-2-3-4-5-6-7-8-9-10-11-12-13-14-15-16-17-18-19-20-21-30(32)33-27-26-28-22-24-29(31)25-23-28/h22-25,31H,2-21,26-27H2,1H3. The van der Waals surface area contributed by atoms with E-state index in [1.165, 1.54) is 109 Å². The second-order valence-corrected chi connectivity index (χ2v) is 9.75. The Morgan fingerprint density at radius 2 is 1.03 bits per heavy atom. The minimum atomic E-state index is -0.0826. The van der Waals surface area contributed by atoms with E-state index in [0.717, 1.165) is 18.4 Å². The predicted molar refractivity (Wildman–Crippen MR) is 141 cm³/mol. The number of benzene rings is 1. The monoisotopic (exact) mass is 460 g/mol. The van der Waals surface area contributed by atoms with Crippen molar-refractivity contribution in [2.24, 2.45) is 0 Å². The number of phenolic OH excluding ortho intramolecular Hbond substituents is 1. The van der Waals surface area contributed by atoms with Gasteiger partial charge in [-0.25, -0.2) is 0 Å². The lowest BCUT2D eigenvalue weighted by Gasteiger charge is -2.06. The topological polar surface area (TPSA) is 46.5 Å². The first-order valence-electron chi connectivity index (χ1n) is 14.2. The summed E-state index contributed by atoms with van der Waals surface area (Å²) in [6.45, 7) is 2.71. The van der Waals surface area contributed by atoms with E-state index in [9.17, 15) is 9.90 Å².